The first-order chi connectivity index (χ1) is 23.3. The molecule has 3 aromatic carbocycles. The molecule has 242 valence electrons. The van der Waals surface area contributed by atoms with E-state index in [9.17, 15) is 22.8 Å². The van der Waals surface area contributed by atoms with Crippen molar-refractivity contribution in [1.29, 1.82) is 0 Å². The third kappa shape index (κ3) is 5.98. The molecule has 3 amide bonds. The van der Waals surface area contributed by atoms with Crippen LogP contribution in [-0.2, 0) is 30.9 Å². The average molecular weight is 685 g/mol. The van der Waals surface area contributed by atoms with Crippen molar-refractivity contribution >= 4 is 66.7 Å². The molecule has 48 heavy (non-hydrogen) atoms. The maximum absolute atomic E-state index is 13.2. The number of hydrogen-bond acceptors (Lipinski definition) is 12. The zero-order valence-corrected chi connectivity index (χ0v) is 26.4. The van der Waals surface area contributed by atoms with Crippen molar-refractivity contribution in [2.45, 2.75) is 17.0 Å². The SMILES string of the molecule is O=C(Nc1ncnc2c1ncn2CC(=O)N1CCN(S(=O)(=O)c2nc3ccccc3s2)C(=O)O1)OC(c1ccccc1)c1ccccc1. The third-order valence-corrected chi connectivity index (χ3v) is 10.5. The number of sulfonamides is 1. The number of carbonyl (C=O) groups excluding carboxylic acids is 3. The van der Waals surface area contributed by atoms with Crippen molar-refractivity contribution < 1.29 is 32.4 Å². The summed E-state index contributed by atoms with van der Waals surface area (Å²) in [6, 6.07) is 25.4. The second-order valence-electron chi connectivity index (χ2n) is 10.4. The van der Waals surface area contributed by atoms with Crippen molar-refractivity contribution in [2.24, 2.45) is 0 Å². The van der Waals surface area contributed by atoms with Crippen LogP contribution in [0.4, 0.5) is 15.4 Å². The number of fused-ring (bicyclic) bond motifs is 2. The Morgan fingerprint density at radius 2 is 1.60 bits per heavy atom. The second kappa shape index (κ2) is 12.7. The Kier molecular flexibility index (Phi) is 8.12. The number of imidazole rings is 1. The summed E-state index contributed by atoms with van der Waals surface area (Å²) in [6.07, 6.45) is -0.206. The Hall–Kier alpha value is -5.94. The molecule has 0 spiro atoms. The van der Waals surface area contributed by atoms with E-state index in [0.29, 0.717) is 14.5 Å². The van der Waals surface area contributed by atoms with Gasteiger partial charge in [0.05, 0.1) is 29.6 Å². The molecule has 0 atom stereocenters. The third-order valence-electron chi connectivity index (χ3n) is 7.32. The van der Waals surface area contributed by atoms with Gasteiger partial charge in [0.25, 0.3) is 15.9 Å². The Morgan fingerprint density at radius 1 is 0.917 bits per heavy atom. The first-order valence-corrected chi connectivity index (χ1v) is 16.7. The minimum Gasteiger partial charge on any atom is -0.436 e. The van der Waals surface area contributed by atoms with Gasteiger partial charge in [-0.15, -0.1) is 11.3 Å². The molecule has 1 N–H and O–H groups in total. The van der Waals surface area contributed by atoms with E-state index in [2.05, 4.69) is 25.3 Å². The smallest absolute Gasteiger partial charge is 0.436 e. The van der Waals surface area contributed by atoms with E-state index in [-0.39, 0.29) is 41.0 Å². The molecule has 7 rings (SSSR count). The molecule has 0 saturated carbocycles. The molecular weight excluding hydrogens is 661 g/mol. The molecule has 1 aliphatic rings. The number of aromatic nitrogens is 5. The predicted octanol–water partition coefficient (Wildman–Crippen LogP) is 4.36. The average Bonchev–Trinajstić information content (AvgIpc) is 3.73. The maximum atomic E-state index is 13.2. The van der Waals surface area contributed by atoms with Gasteiger partial charge >= 0.3 is 12.2 Å². The molecule has 0 aliphatic carbocycles. The number of amides is 3. The number of ether oxygens (including phenoxy) is 1. The zero-order chi connectivity index (χ0) is 33.3. The van der Waals surface area contributed by atoms with E-state index >= 15 is 0 Å². The quantitative estimate of drug-likeness (QED) is 0.241. The van der Waals surface area contributed by atoms with E-state index in [4.69, 9.17) is 9.57 Å². The standard InChI is InChI=1S/C31H24N8O7S2/c40-24(38-15-16-39(31(42)46-38)48(43,44)30-35-22-13-7-8-14-23(22)47-30)17-37-19-34-25-27(32-18-33-28(25)37)36-29(41)45-26(20-9-3-1-4-10-20)21-11-5-2-6-12-21/h1-14,18-19,26H,15-17H2,(H,32,33,36,41). The van der Waals surface area contributed by atoms with Gasteiger partial charge in [-0.05, 0) is 23.3 Å². The van der Waals surface area contributed by atoms with E-state index in [1.54, 1.807) is 24.3 Å². The van der Waals surface area contributed by atoms with Gasteiger partial charge in [-0.3, -0.25) is 10.1 Å². The number of hydrogen-bond donors (Lipinski definition) is 1. The second-order valence-corrected chi connectivity index (χ2v) is 13.4. The lowest BCUT2D eigenvalue weighted by molar-refractivity contribution is -0.174. The van der Waals surface area contributed by atoms with Crippen molar-refractivity contribution in [2.75, 3.05) is 18.4 Å². The van der Waals surface area contributed by atoms with Crippen LogP contribution in [0.3, 0.4) is 0 Å². The summed E-state index contributed by atoms with van der Waals surface area (Å²) in [4.78, 5) is 60.9. The summed E-state index contributed by atoms with van der Waals surface area (Å²) in [7, 11) is -4.30. The fourth-order valence-electron chi connectivity index (χ4n) is 5.04. The Bertz CT molecular complexity index is 2190. The van der Waals surface area contributed by atoms with Crippen LogP contribution in [0, 0.1) is 0 Å². The molecule has 4 heterocycles. The number of para-hydroxylation sites is 1. The van der Waals surface area contributed by atoms with Crippen LogP contribution in [0.25, 0.3) is 21.4 Å². The summed E-state index contributed by atoms with van der Waals surface area (Å²) in [6.45, 7) is -0.919. The van der Waals surface area contributed by atoms with Gasteiger partial charge in [0.15, 0.2) is 23.1 Å². The highest BCUT2D eigenvalue weighted by molar-refractivity contribution is 7.91. The number of nitrogens with one attached hydrogen (secondary N) is 1. The van der Waals surface area contributed by atoms with E-state index in [0.717, 1.165) is 27.5 Å². The number of anilines is 1. The Balaban J connectivity index is 1.02. The van der Waals surface area contributed by atoms with Crippen LogP contribution in [-0.4, -0.2) is 73.5 Å². The topological polar surface area (TPSA) is 179 Å². The first-order valence-electron chi connectivity index (χ1n) is 14.4. The number of hydroxylamine groups is 2. The lowest BCUT2D eigenvalue weighted by Crippen LogP contribution is -2.52. The van der Waals surface area contributed by atoms with E-state index in [1.807, 2.05) is 60.7 Å². The summed E-state index contributed by atoms with van der Waals surface area (Å²) < 4.78 is 34.5. The van der Waals surface area contributed by atoms with Crippen molar-refractivity contribution in [1.82, 2.24) is 33.9 Å². The van der Waals surface area contributed by atoms with Crippen molar-refractivity contribution in [3.05, 3.63) is 109 Å². The van der Waals surface area contributed by atoms with Crippen LogP contribution in [0.5, 0.6) is 0 Å². The van der Waals surface area contributed by atoms with Crippen LogP contribution in [0.2, 0.25) is 0 Å². The first kappa shape index (κ1) is 30.7. The fraction of sp³-hybridized carbons (Fsp3) is 0.129. The van der Waals surface area contributed by atoms with Gasteiger partial charge in [-0.2, -0.15) is 17.8 Å². The Labute approximate surface area is 276 Å². The number of benzene rings is 3. The molecule has 0 bridgehead atoms. The van der Waals surface area contributed by atoms with Crippen molar-refractivity contribution in [3.63, 3.8) is 0 Å². The molecule has 1 fully saturated rings. The van der Waals surface area contributed by atoms with Crippen LogP contribution in [0.1, 0.15) is 17.2 Å². The molecule has 0 radical (unpaired) electrons. The number of rotatable bonds is 8. The minimum absolute atomic E-state index is 0.0520. The molecule has 0 unspecified atom stereocenters. The van der Waals surface area contributed by atoms with Gasteiger partial charge in [0, 0.05) is 0 Å². The number of nitrogens with zero attached hydrogens (tertiary/aromatic N) is 7. The van der Waals surface area contributed by atoms with Crippen LogP contribution >= 0.6 is 11.3 Å². The number of carbonyl (C=O) groups is 3. The van der Waals surface area contributed by atoms with Crippen molar-refractivity contribution in [3.8, 4) is 0 Å². The van der Waals surface area contributed by atoms with E-state index in [1.165, 1.54) is 17.2 Å². The largest absolute Gasteiger partial charge is 0.448 e. The molecular formula is C31H24N8O7S2. The summed E-state index contributed by atoms with van der Waals surface area (Å²) >= 11 is 0.931. The molecule has 1 saturated heterocycles. The van der Waals surface area contributed by atoms with Gasteiger partial charge < -0.3 is 14.1 Å². The molecule has 6 aromatic rings. The molecule has 17 heteroatoms. The Morgan fingerprint density at radius 3 is 2.29 bits per heavy atom. The lowest BCUT2D eigenvalue weighted by atomic mass is 10.0. The molecule has 15 nitrogen and oxygen atoms in total. The monoisotopic (exact) mass is 684 g/mol. The normalized spacial score (nSPS) is 13.6. The highest BCUT2D eigenvalue weighted by atomic mass is 32.2. The van der Waals surface area contributed by atoms with Gasteiger partial charge in [0.2, 0.25) is 4.34 Å². The maximum Gasteiger partial charge on any atom is 0.448 e. The van der Waals surface area contributed by atoms with Crippen LogP contribution in [0.15, 0.2) is 102 Å². The fourth-order valence-corrected chi connectivity index (χ4v) is 7.65. The van der Waals surface area contributed by atoms with Gasteiger partial charge in [-0.25, -0.2) is 29.5 Å². The summed E-state index contributed by atoms with van der Waals surface area (Å²) in [5, 5.41) is 3.39. The predicted molar refractivity (Wildman–Crippen MR) is 172 cm³/mol. The summed E-state index contributed by atoms with van der Waals surface area (Å²) in [5.74, 6) is -0.614. The highest BCUT2D eigenvalue weighted by Crippen LogP contribution is 2.29. The van der Waals surface area contributed by atoms with Gasteiger partial charge in [-0.1, -0.05) is 72.8 Å². The molecule has 3 aromatic heterocycles. The van der Waals surface area contributed by atoms with Crippen LogP contribution < -0.4 is 5.32 Å². The number of thiazole rings is 1. The lowest BCUT2D eigenvalue weighted by Gasteiger charge is -2.31. The highest BCUT2D eigenvalue weighted by Gasteiger charge is 2.39. The summed E-state index contributed by atoms with van der Waals surface area (Å²) in [5.41, 5.74) is 2.41. The van der Waals surface area contributed by atoms with Gasteiger partial charge in [0.1, 0.15) is 12.9 Å². The van der Waals surface area contributed by atoms with E-state index < -0.39 is 34.2 Å². The molecule has 1 aliphatic heterocycles. The zero-order valence-electron chi connectivity index (χ0n) is 24.7. The minimum atomic E-state index is -4.30.